The van der Waals surface area contributed by atoms with E-state index >= 15 is 0 Å². The summed E-state index contributed by atoms with van der Waals surface area (Å²) in [5, 5.41) is 4.09. The van der Waals surface area contributed by atoms with Crippen LogP contribution in [0.5, 0.6) is 5.75 Å². The molecular formula is C15H18N2O2. The van der Waals surface area contributed by atoms with Gasteiger partial charge in [-0.1, -0.05) is 30.3 Å². The van der Waals surface area contributed by atoms with Crippen LogP contribution in [0.2, 0.25) is 0 Å². The lowest BCUT2D eigenvalue weighted by Gasteiger charge is -2.24. The Kier molecular flexibility index (Phi) is 3.42. The molecule has 0 saturated carbocycles. The minimum atomic E-state index is -0.623. The lowest BCUT2D eigenvalue weighted by molar-refractivity contribution is 0.0895. The van der Waals surface area contributed by atoms with E-state index < -0.39 is 5.41 Å². The van der Waals surface area contributed by atoms with Crippen LogP contribution in [0.4, 0.5) is 0 Å². The van der Waals surface area contributed by atoms with Crippen LogP contribution in [0.15, 0.2) is 36.5 Å². The van der Waals surface area contributed by atoms with Crippen molar-refractivity contribution in [2.45, 2.75) is 19.3 Å². The van der Waals surface area contributed by atoms with Gasteiger partial charge in [-0.25, -0.2) is 0 Å². The second-order valence-corrected chi connectivity index (χ2v) is 5.01. The van der Waals surface area contributed by atoms with Gasteiger partial charge in [0.05, 0.1) is 18.7 Å². The monoisotopic (exact) mass is 258 g/mol. The predicted molar refractivity (Wildman–Crippen MR) is 73.6 cm³/mol. The van der Waals surface area contributed by atoms with Gasteiger partial charge < -0.3 is 4.74 Å². The number of carbonyl (C=O) groups excluding carboxylic acids is 1. The van der Waals surface area contributed by atoms with Crippen LogP contribution in [0.1, 0.15) is 29.9 Å². The first-order chi connectivity index (χ1) is 8.98. The van der Waals surface area contributed by atoms with Crippen molar-refractivity contribution in [3.05, 3.63) is 47.8 Å². The summed E-state index contributed by atoms with van der Waals surface area (Å²) in [6.07, 6.45) is 1.56. The van der Waals surface area contributed by atoms with Gasteiger partial charge >= 0.3 is 0 Å². The Morgan fingerprint density at radius 2 is 1.89 bits per heavy atom. The molecule has 2 rings (SSSR count). The van der Waals surface area contributed by atoms with Crippen LogP contribution >= 0.6 is 0 Å². The molecule has 1 aromatic heterocycles. The number of hydrogen-bond acceptors (Lipinski definition) is 3. The van der Waals surface area contributed by atoms with Crippen molar-refractivity contribution in [3.63, 3.8) is 0 Å². The Morgan fingerprint density at radius 3 is 2.47 bits per heavy atom. The van der Waals surface area contributed by atoms with E-state index in [0.717, 1.165) is 5.56 Å². The normalized spacial score (nSPS) is 11.4. The van der Waals surface area contributed by atoms with Crippen molar-refractivity contribution in [1.82, 2.24) is 9.78 Å². The largest absolute Gasteiger partial charge is 0.493 e. The van der Waals surface area contributed by atoms with Gasteiger partial charge in [0.25, 0.3) is 0 Å². The maximum atomic E-state index is 12.8. The number of ketones is 1. The Morgan fingerprint density at radius 1 is 1.26 bits per heavy atom. The number of benzene rings is 1. The Bertz CT molecular complexity index is 585. The zero-order valence-corrected chi connectivity index (χ0v) is 11.7. The first-order valence-electron chi connectivity index (χ1n) is 6.14. The number of hydrogen-bond donors (Lipinski definition) is 0. The average Bonchev–Trinajstić information content (AvgIpc) is 2.79. The van der Waals surface area contributed by atoms with Gasteiger partial charge in [0.15, 0.2) is 11.5 Å². The first-order valence-corrected chi connectivity index (χ1v) is 6.14. The van der Waals surface area contributed by atoms with Crippen molar-refractivity contribution >= 4 is 5.78 Å². The maximum absolute atomic E-state index is 12.8. The van der Waals surface area contributed by atoms with E-state index in [1.165, 1.54) is 0 Å². The van der Waals surface area contributed by atoms with Crippen LogP contribution in [0.25, 0.3) is 0 Å². The number of nitrogens with zero attached hydrogens (tertiary/aromatic N) is 2. The topological polar surface area (TPSA) is 44.1 Å². The lowest BCUT2D eigenvalue weighted by Crippen LogP contribution is -2.31. The van der Waals surface area contributed by atoms with Crippen molar-refractivity contribution in [3.8, 4) is 5.75 Å². The molecule has 1 heterocycles. The summed E-state index contributed by atoms with van der Waals surface area (Å²) in [4.78, 5) is 12.8. The van der Waals surface area contributed by atoms with E-state index in [-0.39, 0.29) is 5.78 Å². The van der Waals surface area contributed by atoms with Crippen LogP contribution < -0.4 is 4.74 Å². The molecular weight excluding hydrogens is 240 g/mol. The molecule has 0 bridgehead atoms. The van der Waals surface area contributed by atoms with E-state index in [1.54, 1.807) is 25.0 Å². The lowest BCUT2D eigenvalue weighted by atomic mass is 9.79. The van der Waals surface area contributed by atoms with Gasteiger partial charge in [-0.3, -0.25) is 9.48 Å². The maximum Gasteiger partial charge on any atom is 0.194 e. The molecule has 1 aromatic carbocycles. The molecule has 0 aliphatic rings. The minimum absolute atomic E-state index is 0.00412. The molecule has 0 spiro atoms. The van der Waals surface area contributed by atoms with E-state index in [4.69, 9.17) is 4.74 Å². The number of aryl methyl sites for hydroxylation is 1. The van der Waals surface area contributed by atoms with Crippen LogP contribution in [0, 0.1) is 0 Å². The highest BCUT2D eigenvalue weighted by Gasteiger charge is 2.34. The Labute approximate surface area is 113 Å². The highest BCUT2D eigenvalue weighted by Crippen LogP contribution is 2.30. The molecule has 0 atom stereocenters. The fraction of sp³-hybridized carbons (Fsp3) is 0.333. The molecule has 0 aliphatic heterocycles. The van der Waals surface area contributed by atoms with Gasteiger partial charge in [-0.15, -0.1) is 0 Å². The van der Waals surface area contributed by atoms with E-state index in [9.17, 15) is 4.79 Å². The molecule has 0 unspecified atom stereocenters. The van der Waals surface area contributed by atoms with Gasteiger partial charge in [-0.05, 0) is 19.4 Å². The molecule has 4 nitrogen and oxygen atoms in total. The smallest absolute Gasteiger partial charge is 0.194 e. The Hall–Kier alpha value is -2.10. The van der Waals surface area contributed by atoms with Gasteiger partial charge in [0, 0.05) is 7.05 Å². The van der Waals surface area contributed by atoms with Crippen molar-refractivity contribution < 1.29 is 9.53 Å². The first kappa shape index (κ1) is 13.3. The molecule has 0 radical (unpaired) electrons. The van der Waals surface area contributed by atoms with Crippen LogP contribution in [-0.4, -0.2) is 22.7 Å². The fourth-order valence-corrected chi connectivity index (χ4v) is 2.11. The summed E-state index contributed by atoms with van der Waals surface area (Å²) in [5.41, 5.74) is 0.849. The molecule has 19 heavy (non-hydrogen) atoms. The van der Waals surface area contributed by atoms with Crippen molar-refractivity contribution in [1.29, 1.82) is 0 Å². The van der Waals surface area contributed by atoms with Crippen molar-refractivity contribution in [2.24, 2.45) is 7.05 Å². The number of rotatable bonds is 4. The molecule has 100 valence electrons. The zero-order valence-electron chi connectivity index (χ0n) is 11.7. The fourth-order valence-electron chi connectivity index (χ4n) is 2.11. The third-order valence-electron chi connectivity index (χ3n) is 3.40. The second kappa shape index (κ2) is 4.88. The summed E-state index contributed by atoms with van der Waals surface area (Å²) >= 11 is 0. The molecule has 0 saturated heterocycles. The zero-order chi connectivity index (χ0) is 14.0. The summed E-state index contributed by atoms with van der Waals surface area (Å²) in [6.45, 7) is 3.83. The van der Waals surface area contributed by atoms with Gasteiger partial charge in [0.1, 0.15) is 5.69 Å². The van der Waals surface area contributed by atoms with Crippen LogP contribution in [0.3, 0.4) is 0 Å². The number of methoxy groups -OCH3 is 1. The van der Waals surface area contributed by atoms with Crippen molar-refractivity contribution in [2.75, 3.05) is 7.11 Å². The van der Waals surface area contributed by atoms with Crippen LogP contribution in [-0.2, 0) is 12.5 Å². The highest BCUT2D eigenvalue weighted by molar-refractivity contribution is 6.04. The molecule has 0 N–H and O–H groups in total. The van der Waals surface area contributed by atoms with Gasteiger partial charge in [0.2, 0.25) is 0 Å². The van der Waals surface area contributed by atoms with Gasteiger partial charge in [-0.2, -0.15) is 5.10 Å². The molecule has 0 amide bonds. The summed E-state index contributed by atoms with van der Waals surface area (Å²) in [7, 11) is 3.29. The highest BCUT2D eigenvalue weighted by atomic mass is 16.5. The van der Waals surface area contributed by atoms with E-state index in [0.29, 0.717) is 11.4 Å². The summed E-state index contributed by atoms with van der Waals surface area (Å²) in [6, 6.07) is 9.73. The molecule has 4 heteroatoms. The second-order valence-electron chi connectivity index (χ2n) is 5.01. The number of Topliss-reactive ketones (excluding diaryl/α,β-unsaturated/α-hetero) is 1. The summed E-state index contributed by atoms with van der Waals surface area (Å²) < 4.78 is 6.78. The number of aromatic nitrogens is 2. The molecule has 0 fully saturated rings. The quantitative estimate of drug-likeness (QED) is 0.792. The summed E-state index contributed by atoms with van der Waals surface area (Å²) in [5.74, 6) is 0.507. The molecule has 0 aliphatic carbocycles. The third-order valence-corrected chi connectivity index (χ3v) is 3.40. The molecule has 2 aromatic rings. The number of ether oxygens (including phenoxy) is 1. The SMILES string of the molecule is COc1cnn(C)c1C(=O)C(C)(C)c1ccccc1. The van der Waals surface area contributed by atoms with E-state index in [2.05, 4.69) is 5.10 Å². The minimum Gasteiger partial charge on any atom is -0.493 e. The predicted octanol–water partition coefficient (Wildman–Crippen LogP) is 2.59. The third kappa shape index (κ3) is 2.26. The Balaban J connectivity index is 2.46. The number of carbonyl (C=O) groups is 1. The average molecular weight is 258 g/mol. The standard InChI is InChI=1S/C15H18N2O2/c1-15(2,11-8-6-5-7-9-11)14(18)13-12(19-4)10-16-17(13)3/h5-10H,1-4H3. The van der Waals surface area contributed by atoms with E-state index in [1.807, 2.05) is 44.2 Å².